The number of benzene rings is 1. The molecule has 2 N–H and O–H groups in total. The van der Waals surface area contributed by atoms with E-state index in [1.807, 2.05) is 30.3 Å². The first-order valence-corrected chi connectivity index (χ1v) is 7.53. The summed E-state index contributed by atoms with van der Waals surface area (Å²) in [6.07, 6.45) is 3.21. The summed E-state index contributed by atoms with van der Waals surface area (Å²) in [4.78, 5) is 14.3. The molecule has 1 aromatic carbocycles. The van der Waals surface area contributed by atoms with Crippen molar-refractivity contribution in [3.63, 3.8) is 0 Å². The lowest BCUT2D eigenvalue weighted by atomic mass is 10.1. The van der Waals surface area contributed by atoms with Crippen LogP contribution in [0.4, 0.5) is 0 Å². The van der Waals surface area contributed by atoms with Gasteiger partial charge in [-0.15, -0.1) is 0 Å². The minimum atomic E-state index is -0.0800. The van der Waals surface area contributed by atoms with Gasteiger partial charge < -0.3 is 19.8 Å². The van der Waals surface area contributed by atoms with E-state index in [0.717, 1.165) is 24.2 Å². The van der Waals surface area contributed by atoms with Crippen molar-refractivity contribution in [3.05, 3.63) is 54.0 Å². The van der Waals surface area contributed by atoms with Crippen LogP contribution in [0.3, 0.4) is 0 Å². The molecular weight excluding hydrogens is 280 g/mol. The molecule has 116 valence electrons. The zero-order chi connectivity index (χ0) is 15.4. The topological polar surface area (TPSA) is 68.7 Å². The molecule has 1 aromatic heterocycles. The van der Waals surface area contributed by atoms with E-state index < -0.39 is 0 Å². The molecule has 1 aliphatic heterocycles. The first-order valence-electron chi connectivity index (χ1n) is 7.53. The Kier molecular flexibility index (Phi) is 4.44. The van der Waals surface area contributed by atoms with Crippen LogP contribution >= 0.6 is 0 Å². The molecule has 0 bridgehead atoms. The molecule has 0 unspecified atom stereocenters. The molecule has 2 aromatic rings. The van der Waals surface area contributed by atoms with E-state index in [9.17, 15) is 4.79 Å². The van der Waals surface area contributed by atoms with Crippen molar-refractivity contribution >= 4 is 5.91 Å². The van der Waals surface area contributed by atoms with E-state index in [4.69, 9.17) is 14.9 Å². The molecule has 2 heterocycles. The zero-order valence-corrected chi connectivity index (χ0v) is 12.4. The van der Waals surface area contributed by atoms with Gasteiger partial charge in [-0.05, 0) is 31.0 Å². The average molecular weight is 300 g/mol. The van der Waals surface area contributed by atoms with E-state index >= 15 is 0 Å². The van der Waals surface area contributed by atoms with Crippen LogP contribution < -0.4 is 10.5 Å². The third-order valence-corrected chi connectivity index (χ3v) is 3.91. The van der Waals surface area contributed by atoms with Crippen molar-refractivity contribution in [2.45, 2.75) is 25.5 Å². The number of furan rings is 1. The van der Waals surface area contributed by atoms with Gasteiger partial charge in [-0.1, -0.05) is 18.2 Å². The Morgan fingerprint density at radius 3 is 2.68 bits per heavy atom. The Bertz CT molecular complexity index is 616. The van der Waals surface area contributed by atoms with Crippen LogP contribution in [0.1, 0.15) is 29.0 Å². The number of hydrogen-bond donors (Lipinski definition) is 1. The van der Waals surface area contributed by atoms with Crippen molar-refractivity contribution in [3.8, 4) is 5.75 Å². The highest BCUT2D eigenvalue weighted by Crippen LogP contribution is 2.19. The van der Waals surface area contributed by atoms with Crippen molar-refractivity contribution in [1.29, 1.82) is 0 Å². The predicted octanol–water partition coefficient (Wildman–Crippen LogP) is 2.42. The SMILES string of the molecule is NC1CCN(C(=O)c2occc2COc2ccccc2)CC1. The molecular formula is C17H20N2O3. The summed E-state index contributed by atoms with van der Waals surface area (Å²) in [5.74, 6) is 1.06. The number of piperidine rings is 1. The summed E-state index contributed by atoms with van der Waals surface area (Å²) in [5, 5.41) is 0. The third-order valence-electron chi connectivity index (χ3n) is 3.91. The minimum absolute atomic E-state index is 0.0800. The largest absolute Gasteiger partial charge is 0.489 e. The average Bonchev–Trinajstić information content (AvgIpc) is 3.02. The Labute approximate surface area is 129 Å². The molecule has 0 spiro atoms. The summed E-state index contributed by atoms with van der Waals surface area (Å²) in [6, 6.07) is 11.5. The molecule has 0 radical (unpaired) electrons. The summed E-state index contributed by atoms with van der Waals surface area (Å²) in [5.41, 5.74) is 6.64. The van der Waals surface area contributed by atoms with Gasteiger partial charge in [0.25, 0.3) is 5.91 Å². The Morgan fingerprint density at radius 2 is 1.95 bits per heavy atom. The quantitative estimate of drug-likeness (QED) is 0.941. The molecule has 1 amide bonds. The number of hydrogen-bond acceptors (Lipinski definition) is 4. The maximum Gasteiger partial charge on any atom is 0.289 e. The Morgan fingerprint density at radius 1 is 1.23 bits per heavy atom. The summed E-state index contributed by atoms with van der Waals surface area (Å²) >= 11 is 0. The molecule has 1 fully saturated rings. The van der Waals surface area contributed by atoms with Crippen molar-refractivity contribution in [1.82, 2.24) is 4.90 Å². The molecule has 3 rings (SSSR count). The number of ether oxygens (including phenoxy) is 1. The van der Waals surface area contributed by atoms with Crippen molar-refractivity contribution in [2.24, 2.45) is 5.73 Å². The monoisotopic (exact) mass is 300 g/mol. The number of nitrogens with two attached hydrogens (primary N) is 1. The smallest absolute Gasteiger partial charge is 0.289 e. The van der Waals surface area contributed by atoms with Gasteiger partial charge in [0.1, 0.15) is 12.4 Å². The van der Waals surface area contributed by atoms with Crippen LogP contribution in [0, 0.1) is 0 Å². The van der Waals surface area contributed by atoms with E-state index in [0.29, 0.717) is 25.5 Å². The molecule has 22 heavy (non-hydrogen) atoms. The molecule has 0 saturated carbocycles. The first-order chi connectivity index (χ1) is 10.7. The molecule has 1 aliphatic rings. The highest BCUT2D eigenvalue weighted by molar-refractivity contribution is 5.93. The predicted molar refractivity (Wildman–Crippen MR) is 82.6 cm³/mol. The van der Waals surface area contributed by atoms with E-state index in [2.05, 4.69) is 0 Å². The number of carbonyl (C=O) groups is 1. The van der Waals surface area contributed by atoms with Crippen LogP contribution in [0.5, 0.6) is 5.75 Å². The highest BCUT2D eigenvalue weighted by atomic mass is 16.5. The van der Waals surface area contributed by atoms with Gasteiger partial charge in [0.05, 0.1) is 6.26 Å². The van der Waals surface area contributed by atoms with Gasteiger partial charge in [-0.2, -0.15) is 0 Å². The highest BCUT2D eigenvalue weighted by Gasteiger charge is 2.25. The fourth-order valence-electron chi connectivity index (χ4n) is 2.56. The number of likely N-dealkylation sites (tertiary alicyclic amines) is 1. The number of para-hydroxylation sites is 1. The zero-order valence-electron chi connectivity index (χ0n) is 12.4. The molecule has 0 atom stereocenters. The fraction of sp³-hybridized carbons (Fsp3) is 0.353. The van der Waals surface area contributed by atoms with Crippen LogP contribution in [-0.4, -0.2) is 29.9 Å². The van der Waals surface area contributed by atoms with E-state index in [-0.39, 0.29) is 11.9 Å². The Hall–Kier alpha value is -2.27. The van der Waals surface area contributed by atoms with Crippen LogP contribution in [0.15, 0.2) is 47.1 Å². The Balaban J connectivity index is 1.65. The van der Waals surface area contributed by atoms with Crippen molar-refractivity contribution < 1.29 is 13.9 Å². The fourth-order valence-corrected chi connectivity index (χ4v) is 2.56. The van der Waals surface area contributed by atoms with Gasteiger partial charge in [-0.25, -0.2) is 0 Å². The maximum absolute atomic E-state index is 12.5. The number of carbonyl (C=O) groups excluding carboxylic acids is 1. The number of rotatable bonds is 4. The lowest BCUT2D eigenvalue weighted by Gasteiger charge is -2.29. The minimum Gasteiger partial charge on any atom is -0.489 e. The normalized spacial score (nSPS) is 15.8. The van der Waals surface area contributed by atoms with Crippen LogP contribution in [0.2, 0.25) is 0 Å². The van der Waals surface area contributed by atoms with Gasteiger partial charge in [0, 0.05) is 24.7 Å². The standard InChI is InChI=1S/C17H20N2O3/c18-14-6-9-19(10-7-14)17(20)16-13(8-11-21-16)12-22-15-4-2-1-3-5-15/h1-5,8,11,14H,6-7,9-10,12,18H2. The number of nitrogens with zero attached hydrogens (tertiary/aromatic N) is 1. The van der Waals surface area contributed by atoms with E-state index in [1.165, 1.54) is 6.26 Å². The number of amides is 1. The second-order valence-electron chi connectivity index (χ2n) is 5.51. The third kappa shape index (κ3) is 3.31. The van der Waals surface area contributed by atoms with Gasteiger partial charge in [-0.3, -0.25) is 4.79 Å². The molecule has 5 nitrogen and oxygen atoms in total. The van der Waals surface area contributed by atoms with Crippen LogP contribution in [0.25, 0.3) is 0 Å². The summed E-state index contributed by atoms with van der Waals surface area (Å²) < 4.78 is 11.1. The first kappa shape index (κ1) is 14.7. The van der Waals surface area contributed by atoms with Crippen LogP contribution in [-0.2, 0) is 6.61 Å². The van der Waals surface area contributed by atoms with Crippen molar-refractivity contribution in [2.75, 3.05) is 13.1 Å². The lowest BCUT2D eigenvalue weighted by Crippen LogP contribution is -2.43. The van der Waals surface area contributed by atoms with E-state index in [1.54, 1.807) is 11.0 Å². The second-order valence-corrected chi connectivity index (χ2v) is 5.51. The second kappa shape index (κ2) is 6.66. The van der Waals surface area contributed by atoms with Gasteiger partial charge >= 0.3 is 0 Å². The lowest BCUT2D eigenvalue weighted by molar-refractivity contribution is 0.0679. The van der Waals surface area contributed by atoms with Gasteiger partial charge in [0.2, 0.25) is 0 Å². The molecule has 1 saturated heterocycles. The molecule has 0 aliphatic carbocycles. The summed E-state index contributed by atoms with van der Waals surface area (Å²) in [7, 11) is 0. The van der Waals surface area contributed by atoms with Gasteiger partial charge in [0.15, 0.2) is 5.76 Å². The molecule has 5 heteroatoms. The summed E-state index contributed by atoms with van der Waals surface area (Å²) in [6.45, 7) is 1.67. The maximum atomic E-state index is 12.5.